The number of aromatic nitrogens is 2. The normalized spacial score (nSPS) is 10.5. The summed E-state index contributed by atoms with van der Waals surface area (Å²) in [7, 11) is 0. The summed E-state index contributed by atoms with van der Waals surface area (Å²) in [6.45, 7) is 4.11. The smallest absolute Gasteiger partial charge is 0.374 e. The highest BCUT2D eigenvalue weighted by Crippen LogP contribution is 2.34. The highest BCUT2D eigenvalue weighted by atomic mass is 35.5. The fourth-order valence-corrected chi connectivity index (χ4v) is 2.78. The molecule has 0 saturated heterocycles. The molecule has 0 atom stereocenters. The molecule has 1 amide bonds. The second-order valence-electron chi connectivity index (χ2n) is 6.52. The predicted molar refractivity (Wildman–Crippen MR) is 112 cm³/mol. The van der Waals surface area contributed by atoms with Crippen LogP contribution in [-0.4, -0.2) is 20.8 Å². The highest BCUT2D eigenvalue weighted by molar-refractivity contribution is 6.33. The van der Waals surface area contributed by atoms with Crippen LogP contribution in [0.1, 0.15) is 35.7 Å². The van der Waals surface area contributed by atoms with Gasteiger partial charge in [0.2, 0.25) is 5.82 Å². The van der Waals surface area contributed by atoms with Crippen molar-refractivity contribution in [1.82, 2.24) is 15.4 Å². The Morgan fingerprint density at radius 3 is 2.47 bits per heavy atom. The molecule has 0 aliphatic rings. The maximum atomic E-state index is 12.3. The molecule has 154 valence electrons. The first kappa shape index (κ1) is 21.0. The first-order chi connectivity index (χ1) is 14.4. The van der Waals surface area contributed by atoms with E-state index in [1.54, 1.807) is 30.3 Å². The van der Waals surface area contributed by atoms with Gasteiger partial charge in [-0.05, 0) is 35.7 Å². The Kier molecular flexibility index (Phi) is 6.43. The average molecular weight is 428 g/mol. The molecule has 0 radical (unpaired) electrons. The van der Waals surface area contributed by atoms with Crippen molar-refractivity contribution in [2.45, 2.75) is 19.8 Å². The Balaban J connectivity index is 1.81. The van der Waals surface area contributed by atoms with Crippen LogP contribution in [0.2, 0.25) is 5.02 Å². The SMILES string of the molecule is CC(C)c1ccc(Oc2ncnc(NNC(=O)c3ccccc3Cl)c2[N+](=O)[O-])cc1. The number of benzene rings is 2. The molecule has 0 fully saturated rings. The number of hydrogen-bond donors (Lipinski definition) is 2. The zero-order valence-electron chi connectivity index (χ0n) is 16.1. The Bertz CT molecular complexity index is 1070. The van der Waals surface area contributed by atoms with Crippen LogP contribution in [-0.2, 0) is 0 Å². The summed E-state index contributed by atoms with van der Waals surface area (Å²) in [5.41, 5.74) is 5.56. The van der Waals surface area contributed by atoms with Crippen LogP contribution in [0.5, 0.6) is 11.6 Å². The van der Waals surface area contributed by atoms with Crippen molar-refractivity contribution in [1.29, 1.82) is 0 Å². The lowest BCUT2D eigenvalue weighted by molar-refractivity contribution is -0.385. The van der Waals surface area contributed by atoms with E-state index in [4.69, 9.17) is 16.3 Å². The zero-order chi connectivity index (χ0) is 21.7. The van der Waals surface area contributed by atoms with Crippen LogP contribution >= 0.6 is 11.6 Å². The van der Waals surface area contributed by atoms with Gasteiger partial charge in [-0.3, -0.25) is 25.8 Å². The van der Waals surface area contributed by atoms with Crippen molar-refractivity contribution >= 4 is 29.0 Å². The van der Waals surface area contributed by atoms with Crippen LogP contribution in [0.3, 0.4) is 0 Å². The first-order valence-electron chi connectivity index (χ1n) is 8.95. The summed E-state index contributed by atoms with van der Waals surface area (Å²) in [4.78, 5) is 30.9. The quantitative estimate of drug-likeness (QED) is 0.413. The molecule has 1 aromatic heterocycles. The Hall–Kier alpha value is -3.72. The third-order valence-electron chi connectivity index (χ3n) is 4.15. The van der Waals surface area contributed by atoms with E-state index in [-0.39, 0.29) is 22.3 Å². The van der Waals surface area contributed by atoms with Crippen molar-refractivity contribution in [2.24, 2.45) is 0 Å². The number of rotatable bonds is 7. The molecule has 0 spiro atoms. The molecule has 0 unspecified atom stereocenters. The van der Waals surface area contributed by atoms with Crippen molar-refractivity contribution in [3.8, 4) is 11.6 Å². The summed E-state index contributed by atoms with van der Waals surface area (Å²) in [6.07, 6.45) is 1.09. The van der Waals surface area contributed by atoms with Crippen LogP contribution in [0, 0.1) is 10.1 Å². The van der Waals surface area contributed by atoms with Gasteiger partial charge in [-0.15, -0.1) is 0 Å². The lowest BCUT2D eigenvalue weighted by atomic mass is 10.0. The predicted octanol–water partition coefficient (Wildman–Crippen LogP) is 4.71. The topological polar surface area (TPSA) is 119 Å². The highest BCUT2D eigenvalue weighted by Gasteiger charge is 2.25. The molecule has 3 rings (SSSR count). The van der Waals surface area contributed by atoms with Gasteiger partial charge in [0.25, 0.3) is 5.91 Å². The van der Waals surface area contributed by atoms with Gasteiger partial charge < -0.3 is 4.74 Å². The third kappa shape index (κ3) is 4.81. The Morgan fingerprint density at radius 2 is 1.83 bits per heavy atom. The monoisotopic (exact) mass is 427 g/mol. The average Bonchev–Trinajstić information content (AvgIpc) is 2.72. The summed E-state index contributed by atoms with van der Waals surface area (Å²) < 4.78 is 5.59. The second-order valence-corrected chi connectivity index (χ2v) is 6.93. The van der Waals surface area contributed by atoms with Crippen LogP contribution in [0.4, 0.5) is 11.5 Å². The molecule has 0 aliphatic heterocycles. The standard InChI is InChI=1S/C20H18ClN5O4/c1-12(2)13-7-9-14(10-8-13)30-20-17(26(28)29)18(22-11-23-20)24-25-19(27)15-5-3-4-6-16(15)21/h3-12H,1-2H3,(H,25,27)(H,22,23,24). The van der Waals surface area contributed by atoms with E-state index >= 15 is 0 Å². The van der Waals surface area contributed by atoms with E-state index in [0.29, 0.717) is 11.7 Å². The number of hydrogen-bond acceptors (Lipinski definition) is 7. The van der Waals surface area contributed by atoms with Gasteiger partial charge in [-0.1, -0.05) is 49.7 Å². The lowest BCUT2D eigenvalue weighted by Crippen LogP contribution is -2.30. The molecule has 1 heterocycles. The van der Waals surface area contributed by atoms with Gasteiger partial charge in [0.1, 0.15) is 12.1 Å². The summed E-state index contributed by atoms with van der Waals surface area (Å²) in [6, 6.07) is 13.5. The van der Waals surface area contributed by atoms with E-state index in [2.05, 4.69) is 34.7 Å². The fourth-order valence-electron chi connectivity index (χ4n) is 2.55. The van der Waals surface area contributed by atoms with Crippen molar-refractivity contribution in [3.63, 3.8) is 0 Å². The van der Waals surface area contributed by atoms with E-state index in [1.165, 1.54) is 6.07 Å². The number of hydrazine groups is 1. The third-order valence-corrected chi connectivity index (χ3v) is 4.48. The molecule has 0 saturated carbocycles. The van der Waals surface area contributed by atoms with Crippen LogP contribution in [0.15, 0.2) is 54.9 Å². The van der Waals surface area contributed by atoms with Crippen molar-refractivity contribution in [3.05, 3.63) is 81.1 Å². The minimum Gasteiger partial charge on any atom is -0.434 e. The first-order valence-corrected chi connectivity index (χ1v) is 9.32. The van der Waals surface area contributed by atoms with Gasteiger partial charge >= 0.3 is 11.6 Å². The number of carbonyl (C=O) groups is 1. The van der Waals surface area contributed by atoms with Crippen LogP contribution < -0.4 is 15.6 Å². The minimum absolute atomic E-state index is 0.199. The minimum atomic E-state index is -0.693. The summed E-state index contributed by atoms with van der Waals surface area (Å²) in [5, 5.41) is 11.9. The van der Waals surface area contributed by atoms with Gasteiger partial charge in [-0.2, -0.15) is 4.98 Å². The molecule has 2 N–H and O–H groups in total. The van der Waals surface area contributed by atoms with E-state index < -0.39 is 16.5 Å². The second kappa shape index (κ2) is 9.19. The zero-order valence-corrected chi connectivity index (χ0v) is 16.9. The van der Waals surface area contributed by atoms with E-state index in [1.807, 2.05) is 12.1 Å². The van der Waals surface area contributed by atoms with Crippen molar-refractivity contribution in [2.75, 3.05) is 5.43 Å². The number of nitro groups is 1. The number of nitrogens with zero attached hydrogens (tertiary/aromatic N) is 3. The number of amides is 1. The summed E-state index contributed by atoms with van der Waals surface area (Å²) in [5.74, 6) is -0.358. The maximum absolute atomic E-state index is 12.3. The lowest BCUT2D eigenvalue weighted by Gasteiger charge is -2.11. The molecule has 3 aromatic rings. The molecule has 0 bridgehead atoms. The number of anilines is 1. The molecule has 30 heavy (non-hydrogen) atoms. The molecular weight excluding hydrogens is 410 g/mol. The molecule has 0 aliphatic carbocycles. The van der Waals surface area contributed by atoms with Gasteiger partial charge in [0, 0.05) is 0 Å². The molecule has 10 heteroatoms. The van der Waals surface area contributed by atoms with Crippen molar-refractivity contribution < 1.29 is 14.5 Å². The Morgan fingerprint density at radius 1 is 1.13 bits per heavy atom. The Labute approximate surface area is 177 Å². The van der Waals surface area contributed by atoms with Gasteiger partial charge in [0.15, 0.2) is 0 Å². The molecule has 2 aromatic carbocycles. The maximum Gasteiger partial charge on any atom is 0.374 e. The molecule has 9 nitrogen and oxygen atoms in total. The number of ether oxygens (including phenoxy) is 1. The van der Waals surface area contributed by atoms with Gasteiger partial charge in [0.05, 0.1) is 15.5 Å². The number of carbonyl (C=O) groups excluding carboxylic acids is 1. The largest absolute Gasteiger partial charge is 0.434 e. The number of nitrogens with one attached hydrogen (secondary N) is 2. The van der Waals surface area contributed by atoms with Gasteiger partial charge in [-0.25, -0.2) is 4.98 Å². The van der Waals surface area contributed by atoms with E-state index in [9.17, 15) is 14.9 Å². The van der Waals surface area contributed by atoms with E-state index in [0.717, 1.165) is 11.9 Å². The van der Waals surface area contributed by atoms with Crippen LogP contribution in [0.25, 0.3) is 0 Å². The summed E-state index contributed by atoms with van der Waals surface area (Å²) >= 11 is 5.99. The fraction of sp³-hybridized carbons (Fsp3) is 0.150. The molecular formula is C20H18ClN5O4. The number of halogens is 1.